The first-order valence-electron chi connectivity index (χ1n) is 25.9. The molecule has 1 fully saturated rings. The van der Waals surface area contributed by atoms with E-state index < -0.39 is 30.4 Å². The number of halogens is 2. The number of aromatic nitrogens is 2. The lowest BCUT2D eigenvalue weighted by Crippen LogP contribution is -2.44. The molecular weight excluding hydrogens is 983 g/mol. The molecule has 3 aliphatic rings. The van der Waals surface area contributed by atoms with Crippen molar-refractivity contribution < 1.29 is 52.8 Å². The molecule has 0 saturated carbocycles. The molecule has 77 heavy (non-hydrogen) atoms. The van der Waals surface area contributed by atoms with Crippen LogP contribution in [0.25, 0.3) is 56.9 Å². The van der Waals surface area contributed by atoms with Gasteiger partial charge in [-0.15, -0.1) is 0 Å². The molecule has 2 amide bonds. The Hall–Kier alpha value is -7.56. The largest absolute Gasteiger partial charge is 0.481 e. The molecular formula is C62H64F2N4O9. The number of fused-ring (bicyclic) bond motifs is 6. The highest BCUT2D eigenvalue weighted by molar-refractivity contribution is 6.04. The zero-order valence-corrected chi connectivity index (χ0v) is 44.2. The van der Waals surface area contributed by atoms with Crippen molar-refractivity contribution in [1.29, 1.82) is 0 Å². The minimum absolute atomic E-state index is 0.0435. The van der Waals surface area contributed by atoms with Crippen molar-refractivity contribution in [3.8, 4) is 44.8 Å². The van der Waals surface area contributed by atoms with Gasteiger partial charge in [0.15, 0.2) is 5.79 Å². The average molecular weight is 1050 g/mol. The first-order valence-corrected chi connectivity index (χ1v) is 25.9. The summed E-state index contributed by atoms with van der Waals surface area (Å²) < 4.78 is 40.1. The van der Waals surface area contributed by atoms with E-state index in [0.717, 1.165) is 61.6 Å². The fourth-order valence-electron chi connectivity index (χ4n) is 10.3. The Morgan fingerprint density at radius 2 is 1.16 bits per heavy atom. The summed E-state index contributed by atoms with van der Waals surface area (Å²) in [6, 6.07) is 27.2. The van der Waals surface area contributed by atoms with Gasteiger partial charge in [0, 0.05) is 76.9 Å². The molecule has 0 bridgehead atoms. The second-order valence-corrected chi connectivity index (χ2v) is 20.7. The van der Waals surface area contributed by atoms with Gasteiger partial charge in [-0.05, 0) is 91.3 Å². The molecule has 6 aromatic rings. The van der Waals surface area contributed by atoms with Crippen molar-refractivity contribution >= 4 is 35.7 Å². The predicted octanol–water partition coefficient (Wildman–Crippen LogP) is 11.3. The zero-order chi connectivity index (χ0) is 55.3. The van der Waals surface area contributed by atoms with Gasteiger partial charge in [-0.3, -0.25) is 29.1 Å². The minimum Gasteiger partial charge on any atom is -0.481 e. The van der Waals surface area contributed by atoms with E-state index in [1.165, 1.54) is 30.3 Å². The zero-order valence-electron chi connectivity index (χ0n) is 44.2. The lowest BCUT2D eigenvalue weighted by molar-refractivity contribution is -0.289. The SMILES string of the molecule is CC(=O)C[C@H]1C[C@@H](/C=C/c2c(C(C)C)nc3c(c2-c2ccc(F)cc2)CNC(=O)c2ccccc2-3)OC(C)(C)O1.CC(C)c1nc2c(c(-c3ccc(F)cc3)c1/C=C/[C@@H](O)C[C@@H](O)CC(=O)O)CNC(=O)c1ccccc1-2. The topological polar surface area (TPSA) is 197 Å². The van der Waals surface area contributed by atoms with Crippen LogP contribution in [-0.4, -0.2) is 79.1 Å². The molecule has 1 saturated heterocycles. The van der Waals surface area contributed by atoms with Crippen LogP contribution in [0.3, 0.4) is 0 Å². The summed E-state index contributed by atoms with van der Waals surface area (Å²) >= 11 is 0. The van der Waals surface area contributed by atoms with Gasteiger partial charge in [0.25, 0.3) is 11.8 Å². The Morgan fingerprint density at radius 1 is 0.701 bits per heavy atom. The summed E-state index contributed by atoms with van der Waals surface area (Å²) in [4.78, 5) is 58.7. The molecule has 13 nitrogen and oxygen atoms in total. The van der Waals surface area contributed by atoms with Gasteiger partial charge in [0.2, 0.25) is 0 Å². The van der Waals surface area contributed by atoms with Crippen LogP contribution >= 0.6 is 0 Å². The lowest BCUT2D eigenvalue weighted by Gasteiger charge is -2.39. The fraction of sp³-hybridized carbons (Fsp3) is 0.323. The number of hydrogen-bond acceptors (Lipinski definition) is 10. The number of hydrogen-bond donors (Lipinski definition) is 5. The average Bonchev–Trinajstić information content (AvgIpc) is 3.63. The molecule has 9 rings (SSSR count). The van der Waals surface area contributed by atoms with Crippen molar-refractivity contribution in [1.82, 2.24) is 20.6 Å². The van der Waals surface area contributed by atoms with Crippen LogP contribution in [0.4, 0.5) is 8.78 Å². The van der Waals surface area contributed by atoms with Gasteiger partial charge < -0.3 is 35.4 Å². The monoisotopic (exact) mass is 1050 g/mol. The van der Waals surface area contributed by atoms with Gasteiger partial charge in [-0.2, -0.15) is 0 Å². The number of carbonyl (C=O) groups is 4. The van der Waals surface area contributed by atoms with Crippen LogP contribution in [-0.2, 0) is 32.2 Å². The van der Waals surface area contributed by atoms with Crippen molar-refractivity contribution in [2.24, 2.45) is 0 Å². The molecule has 4 aromatic carbocycles. The van der Waals surface area contributed by atoms with Crippen molar-refractivity contribution in [2.75, 3.05) is 0 Å². The summed E-state index contributed by atoms with van der Waals surface area (Å²) in [5.74, 6) is -2.98. The van der Waals surface area contributed by atoms with E-state index in [2.05, 4.69) is 24.5 Å². The summed E-state index contributed by atoms with van der Waals surface area (Å²) in [6.07, 6.45) is 4.66. The highest BCUT2D eigenvalue weighted by atomic mass is 19.1. The normalized spacial score (nSPS) is 17.5. The number of amides is 2. The second-order valence-electron chi connectivity index (χ2n) is 20.7. The number of ether oxygens (including phenoxy) is 2. The Labute approximate surface area is 447 Å². The number of aliphatic hydroxyl groups excluding tert-OH is 2. The molecule has 5 N–H and O–H groups in total. The molecule has 400 valence electrons. The smallest absolute Gasteiger partial charge is 0.305 e. The number of nitrogens with one attached hydrogen (secondary N) is 2. The Morgan fingerprint density at radius 3 is 1.60 bits per heavy atom. The standard InChI is InChI=1S/C33H35FN2O4.C29H29FN2O5/c1-19(2)30-27(15-14-23-17-24(16-20(3)37)40-33(4,5)39-23)29(21-10-12-22(34)13-11-21)28-18-35-32(38)26-9-7-6-8-25(26)31(28)36-30;1-16(2)27-23(12-11-19(33)13-20(34)14-25(35)36)26(17-7-9-18(30)10-8-17)24-15-31-29(37)22-6-4-3-5-21(22)28(24)32-27/h6-15,19,23-24H,16-18H2,1-5H3,(H,35,38);3-12,16,19-20,33-34H,13-15H2,1-2H3,(H,31,37)(H,35,36)/b15-14+;12-11+/t23-,24+;19-,20-/m11/s1. The third kappa shape index (κ3) is 13.0. The fourth-order valence-corrected chi connectivity index (χ4v) is 10.3. The molecule has 15 heteroatoms. The van der Waals surface area contributed by atoms with Crippen LogP contribution in [0.2, 0.25) is 0 Å². The quantitative estimate of drug-likeness (QED) is 0.0696. The number of aliphatic carboxylic acids is 1. The summed E-state index contributed by atoms with van der Waals surface area (Å²) in [5, 5.41) is 35.3. The molecule has 4 atom stereocenters. The van der Waals surface area contributed by atoms with Crippen LogP contribution in [0, 0.1) is 11.6 Å². The second kappa shape index (κ2) is 23.8. The molecule has 0 spiro atoms. The Balaban J connectivity index is 0.000000204. The highest BCUT2D eigenvalue weighted by Gasteiger charge is 2.36. The predicted molar refractivity (Wildman–Crippen MR) is 291 cm³/mol. The van der Waals surface area contributed by atoms with E-state index in [1.807, 2.05) is 76.2 Å². The number of aliphatic hydroxyl groups is 2. The lowest BCUT2D eigenvalue weighted by atomic mass is 9.87. The van der Waals surface area contributed by atoms with Crippen molar-refractivity contribution in [3.05, 3.63) is 166 Å². The highest BCUT2D eigenvalue weighted by Crippen LogP contribution is 2.43. The first kappa shape index (κ1) is 55.7. The maximum Gasteiger partial charge on any atom is 0.305 e. The maximum atomic E-state index is 14.0. The number of Topliss-reactive ketones (excluding diaryl/α,β-unsaturated/α-hetero) is 1. The van der Waals surface area contributed by atoms with E-state index in [-0.39, 0.29) is 72.8 Å². The maximum absolute atomic E-state index is 14.0. The third-order valence-electron chi connectivity index (χ3n) is 13.6. The number of carboxylic acids is 1. The Bertz CT molecular complexity index is 3260. The minimum atomic E-state index is -1.20. The molecule has 0 radical (unpaired) electrons. The van der Waals surface area contributed by atoms with E-state index in [4.69, 9.17) is 24.5 Å². The van der Waals surface area contributed by atoms with E-state index >= 15 is 0 Å². The molecule has 2 aromatic heterocycles. The molecule has 0 unspecified atom stereocenters. The number of nitrogens with zero attached hydrogens (tertiary/aromatic N) is 2. The van der Waals surface area contributed by atoms with Crippen LogP contribution in [0.5, 0.6) is 0 Å². The van der Waals surface area contributed by atoms with E-state index in [1.54, 1.807) is 49.4 Å². The number of carbonyl (C=O) groups excluding carboxylic acids is 3. The Kier molecular flexibility index (Phi) is 17.2. The number of rotatable bonds is 14. The van der Waals surface area contributed by atoms with Gasteiger partial charge >= 0.3 is 5.97 Å². The van der Waals surface area contributed by atoms with Crippen molar-refractivity contribution in [3.63, 3.8) is 0 Å². The summed E-state index contributed by atoms with van der Waals surface area (Å²) in [7, 11) is 0. The van der Waals surface area contributed by atoms with Crippen LogP contribution < -0.4 is 10.6 Å². The van der Waals surface area contributed by atoms with Crippen molar-refractivity contribution in [2.45, 2.75) is 129 Å². The number of benzene rings is 4. The summed E-state index contributed by atoms with van der Waals surface area (Å²) in [6.45, 7) is 13.9. The van der Waals surface area contributed by atoms with E-state index in [0.29, 0.717) is 40.8 Å². The van der Waals surface area contributed by atoms with Gasteiger partial charge in [-0.1, -0.05) is 113 Å². The summed E-state index contributed by atoms with van der Waals surface area (Å²) in [5.41, 5.74) is 12.0. The van der Waals surface area contributed by atoms with Crippen LogP contribution in [0.15, 0.2) is 109 Å². The number of pyridine rings is 2. The first-order chi connectivity index (χ1) is 36.7. The number of carboxylic acid groups (broad SMARTS) is 1. The molecule has 5 heterocycles. The van der Waals surface area contributed by atoms with Crippen LogP contribution in [0.1, 0.15) is 140 Å². The van der Waals surface area contributed by atoms with E-state index in [9.17, 15) is 38.2 Å². The number of ketones is 1. The molecule has 0 aliphatic carbocycles. The van der Waals surface area contributed by atoms with Gasteiger partial charge in [0.05, 0.1) is 53.6 Å². The van der Waals surface area contributed by atoms with Gasteiger partial charge in [-0.25, -0.2) is 8.78 Å². The molecule has 3 aliphatic heterocycles. The van der Waals surface area contributed by atoms with Gasteiger partial charge in [0.1, 0.15) is 17.4 Å². The third-order valence-corrected chi connectivity index (χ3v) is 13.6.